The highest BCUT2D eigenvalue weighted by Crippen LogP contribution is 2.30. The predicted molar refractivity (Wildman–Crippen MR) is 111 cm³/mol. The molecule has 1 aliphatic heterocycles. The number of para-hydroxylation sites is 2. The molecule has 1 fully saturated rings. The van der Waals surface area contributed by atoms with Crippen LogP contribution < -0.4 is 10.2 Å². The molecule has 5 heteroatoms. The lowest BCUT2D eigenvalue weighted by molar-refractivity contribution is -0.116. The Morgan fingerprint density at radius 1 is 0.929 bits per heavy atom. The normalized spacial score (nSPS) is 15.1. The van der Waals surface area contributed by atoms with E-state index < -0.39 is 5.92 Å². The summed E-state index contributed by atoms with van der Waals surface area (Å²) in [5.41, 5.74) is 3.48. The van der Waals surface area contributed by atoms with Gasteiger partial charge in [-0.05, 0) is 29.8 Å². The average molecular weight is 373 g/mol. The molecule has 1 N–H and O–H groups in total. The number of carbonyl (C=O) groups excluding carboxylic acids is 1. The Bertz CT molecular complexity index is 870. The quantitative estimate of drug-likeness (QED) is 0.741. The molecule has 0 spiro atoms. The Labute approximate surface area is 165 Å². The van der Waals surface area contributed by atoms with Gasteiger partial charge in [0.2, 0.25) is 5.91 Å². The summed E-state index contributed by atoms with van der Waals surface area (Å²) < 4.78 is 5.46. The van der Waals surface area contributed by atoms with E-state index in [9.17, 15) is 4.79 Å². The number of carbonyl (C=O) groups is 1. The average Bonchev–Trinajstić information content (AvgIpc) is 2.76. The first-order valence-corrected chi connectivity index (χ1v) is 9.51. The van der Waals surface area contributed by atoms with E-state index in [4.69, 9.17) is 4.74 Å². The summed E-state index contributed by atoms with van der Waals surface area (Å²) in [5.74, 6) is -0.564. The number of rotatable bonds is 5. The molecule has 0 bridgehead atoms. The van der Waals surface area contributed by atoms with Gasteiger partial charge in [-0.3, -0.25) is 9.78 Å². The number of pyridine rings is 1. The van der Waals surface area contributed by atoms with Crippen LogP contribution in [0.25, 0.3) is 0 Å². The second kappa shape index (κ2) is 8.67. The number of amides is 1. The Morgan fingerprint density at radius 2 is 1.64 bits per heavy atom. The molecule has 28 heavy (non-hydrogen) atoms. The smallest absolute Gasteiger partial charge is 0.238 e. The number of morpholine rings is 1. The molecule has 1 saturated heterocycles. The Balaban J connectivity index is 1.64. The van der Waals surface area contributed by atoms with Crippen molar-refractivity contribution in [1.82, 2.24) is 4.98 Å². The maximum Gasteiger partial charge on any atom is 0.238 e. The fraction of sp³-hybridized carbons (Fsp3) is 0.217. The van der Waals surface area contributed by atoms with Gasteiger partial charge in [-0.15, -0.1) is 0 Å². The van der Waals surface area contributed by atoms with Crippen molar-refractivity contribution < 1.29 is 9.53 Å². The van der Waals surface area contributed by atoms with Gasteiger partial charge >= 0.3 is 0 Å². The third-order valence-electron chi connectivity index (χ3n) is 4.89. The van der Waals surface area contributed by atoms with Crippen molar-refractivity contribution in [3.63, 3.8) is 0 Å². The lowest BCUT2D eigenvalue weighted by atomic mass is 9.94. The Hall–Kier alpha value is -3.18. The van der Waals surface area contributed by atoms with Gasteiger partial charge in [0, 0.05) is 19.3 Å². The lowest BCUT2D eigenvalue weighted by Gasteiger charge is -2.30. The van der Waals surface area contributed by atoms with Crippen molar-refractivity contribution >= 4 is 17.3 Å². The summed E-state index contributed by atoms with van der Waals surface area (Å²) in [5, 5.41) is 3.14. The van der Waals surface area contributed by atoms with Crippen molar-refractivity contribution in [3.8, 4) is 0 Å². The van der Waals surface area contributed by atoms with E-state index in [0.29, 0.717) is 13.2 Å². The van der Waals surface area contributed by atoms with Gasteiger partial charge in [0.15, 0.2) is 0 Å². The topological polar surface area (TPSA) is 54.5 Å². The van der Waals surface area contributed by atoms with E-state index >= 15 is 0 Å². The van der Waals surface area contributed by atoms with E-state index in [1.54, 1.807) is 6.20 Å². The maximum absolute atomic E-state index is 13.4. The standard InChI is InChI=1S/C23H23N3O2/c27-23(22(18-8-2-1-3-9-18)20-11-6-7-13-24-20)25-19-10-4-5-12-21(19)26-14-16-28-17-15-26/h1-13,22H,14-17H2,(H,25,27). The molecule has 1 aliphatic rings. The van der Waals surface area contributed by atoms with Crippen LogP contribution in [0.2, 0.25) is 0 Å². The summed E-state index contributed by atoms with van der Waals surface area (Å²) >= 11 is 0. The van der Waals surface area contributed by atoms with Crippen molar-refractivity contribution in [1.29, 1.82) is 0 Å². The van der Waals surface area contributed by atoms with Crippen molar-refractivity contribution in [3.05, 3.63) is 90.3 Å². The van der Waals surface area contributed by atoms with Gasteiger partial charge in [0.05, 0.1) is 30.3 Å². The van der Waals surface area contributed by atoms with Crippen LogP contribution in [0.15, 0.2) is 79.0 Å². The SMILES string of the molecule is O=C(Nc1ccccc1N1CCOCC1)C(c1ccccc1)c1ccccn1. The fourth-order valence-corrected chi connectivity index (χ4v) is 3.51. The zero-order valence-corrected chi connectivity index (χ0v) is 15.6. The number of aromatic nitrogens is 1. The number of nitrogens with zero attached hydrogens (tertiary/aromatic N) is 2. The molecule has 2 aromatic carbocycles. The summed E-state index contributed by atoms with van der Waals surface area (Å²) in [6, 6.07) is 23.4. The third-order valence-corrected chi connectivity index (χ3v) is 4.89. The van der Waals surface area contributed by atoms with Crippen molar-refractivity contribution in [2.75, 3.05) is 36.5 Å². The monoisotopic (exact) mass is 373 g/mol. The van der Waals surface area contributed by atoms with Gasteiger partial charge in [0.1, 0.15) is 5.92 Å². The lowest BCUT2D eigenvalue weighted by Crippen LogP contribution is -2.37. The first-order chi connectivity index (χ1) is 13.8. The van der Waals surface area contributed by atoms with Gasteiger partial charge in [-0.25, -0.2) is 0 Å². The van der Waals surface area contributed by atoms with Gasteiger partial charge in [0.25, 0.3) is 0 Å². The number of nitrogens with one attached hydrogen (secondary N) is 1. The first-order valence-electron chi connectivity index (χ1n) is 9.51. The number of anilines is 2. The first kappa shape index (κ1) is 18.2. The minimum absolute atomic E-state index is 0.0920. The van der Waals surface area contributed by atoms with Crippen LogP contribution in [0.4, 0.5) is 11.4 Å². The molecule has 2 heterocycles. The van der Waals surface area contributed by atoms with Crippen LogP contribution in [0, 0.1) is 0 Å². The second-order valence-electron chi connectivity index (χ2n) is 6.70. The molecule has 142 valence electrons. The number of hydrogen-bond donors (Lipinski definition) is 1. The molecule has 0 saturated carbocycles. The molecule has 3 aromatic rings. The van der Waals surface area contributed by atoms with Crippen molar-refractivity contribution in [2.24, 2.45) is 0 Å². The molecule has 1 unspecified atom stereocenters. The minimum Gasteiger partial charge on any atom is -0.378 e. The van der Waals surface area contributed by atoms with Crippen LogP contribution in [0.1, 0.15) is 17.2 Å². The van der Waals surface area contributed by atoms with E-state index in [1.807, 2.05) is 72.8 Å². The summed E-state index contributed by atoms with van der Waals surface area (Å²) in [6.07, 6.45) is 1.72. The molecule has 0 radical (unpaired) electrons. The van der Waals surface area contributed by atoms with Crippen molar-refractivity contribution in [2.45, 2.75) is 5.92 Å². The third kappa shape index (κ3) is 4.05. The van der Waals surface area contributed by atoms with E-state index in [-0.39, 0.29) is 5.91 Å². The molecular formula is C23H23N3O2. The molecule has 1 amide bonds. The number of ether oxygens (including phenoxy) is 1. The zero-order chi connectivity index (χ0) is 19.2. The molecule has 1 aromatic heterocycles. The van der Waals surface area contributed by atoms with Crippen LogP contribution in [0.5, 0.6) is 0 Å². The molecule has 0 aliphatic carbocycles. The summed E-state index contributed by atoms with van der Waals surface area (Å²) in [4.78, 5) is 20.0. The van der Waals surface area contributed by atoms with E-state index in [1.165, 1.54) is 0 Å². The highest BCUT2D eigenvalue weighted by Gasteiger charge is 2.25. The van der Waals surface area contributed by atoms with Gasteiger partial charge in [-0.1, -0.05) is 48.5 Å². The number of benzene rings is 2. The fourth-order valence-electron chi connectivity index (χ4n) is 3.51. The van der Waals surface area contributed by atoms with Gasteiger partial charge in [-0.2, -0.15) is 0 Å². The minimum atomic E-state index is -0.472. The van der Waals surface area contributed by atoms with Crippen LogP contribution in [-0.2, 0) is 9.53 Å². The van der Waals surface area contributed by atoms with Gasteiger partial charge < -0.3 is 15.0 Å². The highest BCUT2D eigenvalue weighted by atomic mass is 16.5. The zero-order valence-electron chi connectivity index (χ0n) is 15.6. The van der Waals surface area contributed by atoms with E-state index in [2.05, 4.69) is 15.2 Å². The second-order valence-corrected chi connectivity index (χ2v) is 6.70. The van der Waals surface area contributed by atoms with Crippen LogP contribution >= 0.6 is 0 Å². The largest absolute Gasteiger partial charge is 0.378 e. The maximum atomic E-state index is 13.4. The molecule has 1 atom stereocenters. The Kier molecular flexibility index (Phi) is 5.64. The molecule has 4 rings (SSSR count). The predicted octanol–water partition coefficient (Wildman–Crippen LogP) is 3.69. The number of hydrogen-bond acceptors (Lipinski definition) is 4. The molecule has 5 nitrogen and oxygen atoms in total. The Morgan fingerprint density at radius 3 is 2.39 bits per heavy atom. The molecular weight excluding hydrogens is 350 g/mol. The summed E-state index contributed by atoms with van der Waals surface area (Å²) in [7, 11) is 0. The summed E-state index contributed by atoms with van der Waals surface area (Å²) in [6.45, 7) is 3.02. The van der Waals surface area contributed by atoms with Crippen LogP contribution in [0.3, 0.4) is 0 Å². The van der Waals surface area contributed by atoms with Crippen LogP contribution in [-0.4, -0.2) is 37.2 Å². The van der Waals surface area contributed by atoms with E-state index in [0.717, 1.165) is 35.7 Å². The highest BCUT2D eigenvalue weighted by molar-refractivity contribution is 6.00.